The molecule has 4 rings (SSSR count). The van der Waals surface area contributed by atoms with E-state index < -0.39 is 5.41 Å². The van der Waals surface area contributed by atoms with Gasteiger partial charge in [-0.05, 0) is 48.4 Å². The lowest BCUT2D eigenvalue weighted by Gasteiger charge is -2.18. The molecule has 8 heteroatoms. The van der Waals surface area contributed by atoms with Crippen molar-refractivity contribution in [3.63, 3.8) is 0 Å². The highest BCUT2D eigenvalue weighted by atomic mass is 35.5. The molecule has 4 aromatic rings. The first-order chi connectivity index (χ1) is 16.1. The molecule has 0 aliphatic heterocycles. The Labute approximate surface area is 203 Å². The molecular formula is C26H26ClN5O2. The van der Waals surface area contributed by atoms with Crippen LogP contribution in [0.15, 0.2) is 61.1 Å². The Bertz CT molecular complexity index is 1390. The average molecular weight is 476 g/mol. The molecule has 2 amide bonds. The molecule has 0 unspecified atom stereocenters. The van der Waals surface area contributed by atoms with Gasteiger partial charge in [0.1, 0.15) is 0 Å². The topological polar surface area (TPSA) is 88.9 Å². The van der Waals surface area contributed by atoms with E-state index in [-0.39, 0.29) is 11.8 Å². The quantitative estimate of drug-likeness (QED) is 0.410. The number of aryl methyl sites for hydroxylation is 1. The molecule has 0 bridgehead atoms. The molecule has 0 spiro atoms. The summed E-state index contributed by atoms with van der Waals surface area (Å²) in [4.78, 5) is 29.6. The monoisotopic (exact) mass is 475 g/mol. The minimum atomic E-state index is -0.496. The number of halogens is 1. The Hall–Kier alpha value is -3.71. The summed E-state index contributed by atoms with van der Waals surface area (Å²) in [6.07, 6.45) is 5.25. The van der Waals surface area contributed by atoms with Crippen molar-refractivity contribution in [1.29, 1.82) is 0 Å². The number of carbonyl (C=O) groups is 2. The van der Waals surface area contributed by atoms with E-state index in [9.17, 15) is 9.59 Å². The van der Waals surface area contributed by atoms with Gasteiger partial charge in [-0.2, -0.15) is 5.10 Å². The van der Waals surface area contributed by atoms with Crippen LogP contribution in [0.1, 0.15) is 42.3 Å². The van der Waals surface area contributed by atoms with Crippen molar-refractivity contribution in [2.24, 2.45) is 5.41 Å². The molecule has 0 aliphatic carbocycles. The molecule has 34 heavy (non-hydrogen) atoms. The molecular weight excluding hydrogens is 450 g/mol. The molecule has 2 aromatic heterocycles. The Balaban J connectivity index is 1.58. The number of nitrogens with one attached hydrogen (secondary N) is 2. The van der Waals surface area contributed by atoms with Crippen LogP contribution in [0.5, 0.6) is 0 Å². The van der Waals surface area contributed by atoms with Gasteiger partial charge in [0, 0.05) is 23.5 Å². The number of aromatic nitrogens is 3. The van der Waals surface area contributed by atoms with Crippen molar-refractivity contribution in [3.8, 4) is 5.69 Å². The molecule has 2 heterocycles. The number of hydrogen-bond donors (Lipinski definition) is 2. The van der Waals surface area contributed by atoms with E-state index in [1.807, 2.05) is 52.0 Å². The summed E-state index contributed by atoms with van der Waals surface area (Å²) in [5.74, 6) is -0.410. The summed E-state index contributed by atoms with van der Waals surface area (Å²) in [6.45, 7) is 7.82. The molecule has 174 valence electrons. The summed E-state index contributed by atoms with van der Waals surface area (Å²) in [6, 6.07) is 12.8. The summed E-state index contributed by atoms with van der Waals surface area (Å²) in [7, 11) is 0. The SMILES string of the molecule is Cc1cncc(-n2ncc3c(NC(=O)c4cc(CNC(=O)C(C)(C)C)ccc4Cl)cccc32)c1. The van der Waals surface area contributed by atoms with Gasteiger partial charge in [-0.25, -0.2) is 4.68 Å². The lowest BCUT2D eigenvalue weighted by atomic mass is 9.95. The van der Waals surface area contributed by atoms with Gasteiger partial charge < -0.3 is 10.6 Å². The van der Waals surface area contributed by atoms with E-state index >= 15 is 0 Å². The lowest BCUT2D eigenvalue weighted by Crippen LogP contribution is -2.34. The van der Waals surface area contributed by atoms with Crippen LogP contribution in [-0.2, 0) is 11.3 Å². The van der Waals surface area contributed by atoms with Gasteiger partial charge in [-0.15, -0.1) is 0 Å². The first kappa shape index (κ1) is 23.4. The van der Waals surface area contributed by atoms with Crippen LogP contribution in [0.3, 0.4) is 0 Å². The van der Waals surface area contributed by atoms with Crippen LogP contribution >= 0.6 is 11.6 Å². The number of amides is 2. The highest BCUT2D eigenvalue weighted by Crippen LogP contribution is 2.27. The van der Waals surface area contributed by atoms with E-state index in [0.717, 1.165) is 27.7 Å². The van der Waals surface area contributed by atoms with Crippen LogP contribution in [0.2, 0.25) is 5.02 Å². The molecule has 2 N–H and O–H groups in total. The fraction of sp³-hybridized carbons (Fsp3) is 0.231. The second-order valence-corrected chi connectivity index (χ2v) is 9.62. The van der Waals surface area contributed by atoms with Gasteiger partial charge in [-0.3, -0.25) is 14.6 Å². The van der Waals surface area contributed by atoms with Crippen LogP contribution in [0.4, 0.5) is 5.69 Å². The second-order valence-electron chi connectivity index (χ2n) is 9.22. The third-order valence-electron chi connectivity index (χ3n) is 5.38. The molecule has 0 saturated carbocycles. The molecule has 2 aromatic carbocycles. The highest BCUT2D eigenvalue weighted by molar-refractivity contribution is 6.34. The van der Waals surface area contributed by atoms with Crippen molar-refractivity contribution in [1.82, 2.24) is 20.1 Å². The Morgan fingerprint density at radius 1 is 1.06 bits per heavy atom. The van der Waals surface area contributed by atoms with Crippen LogP contribution in [-0.4, -0.2) is 26.6 Å². The molecule has 0 aliphatic rings. The normalized spacial score (nSPS) is 11.4. The minimum Gasteiger partial charge on any atom is -0.352 e. The molecule has 0 atom stereocenters. The summed E-state index contributed by atoms with van der Waals surface area (Å²) >= 11 is 6.34. The van der Waals surface area contributed by atoms with Gasteiger partial charge in [0.05, 0.1) is 39.9 Å². The second kappa shape index (κ2) is 9.27. The first-order valence-electron chi connectivity index (χ1n) is 10.9. The maximum Gasteiger partial charge on any atom is 0.257 e. The van der Waals surface area contributed by atoms with Crippen LogP contribution in [0.25, 0.3) is 16.6 Å². The fourth-order valence-corrected chi connectivity index (χ4v) is 3.72. The van der Waals surface area contributed by atoms with E-state index in [0.29, 0.717) is 22.8 Å². The molecule has 0 saturated heterocycles. The third kappa shape index (κ3) is 4.94. The Kier molecular flexibility index (Phi) is 6.39. The van der Waals surface area contributed by atoms with Crippen LogP contribution < -0.4 is 10.6 Å². The number of pyridine rings is 1. The van der Waals surface area contributed by atoms with Crippen LogP contribution in [0, 0.1) is 12.3 Å². The van der Waals surface area contributed by atoms with Crippen molar-refractivity contribution in [3.05, 3.63) is 82.8 Å². The minimum absolute atomic E-state index is 0.0686. The maximum absolute atomic E-state index is 13.1. The van der Waals surface area contributed by atoms with Gasteiger partial charge in [0.15, 0.2) is 0 Å². The van der Waals surface area contributed by atoms with Crippen molar-refractivity contribution >= 4 is 40.0 Å². The first-order valence-corrected chi connectivity index (χ1v) is 11.3. The summed E-state index contributed by atoms with van der Waals surface area (Å²) in [5, 5.41) is 11.5. The Morgan fingerprint density at radius 2 is 1.85 bits per heavy atom. The Morgan fingerprint density at radius 3 is 2.59 bits per heavy atom. The average Bonchev–Trinajstić information content (AvgIpc) is 3.23. The van der Waals surface area contributed by atoms with E-state index in [1.54, 1.807) is 41.5 Å². The zero-order valence-electron chi connectivity index (χ0n) is 19.5. The highest BCUT2D eigenvalue weighted by Gasteiger charge is 2.21. The summed E-state index contributed by atoms with van der Waals surface area (Å²) < 4.78 is 1.79. The predicted molar refractivity (Wildman–Crippen MR) is 134 cm³/mol. The smallest absolute Gasteiger partial charge is 0.257 e. The predicted octanol–water partition coefficient (Wildman–Crippen LogP) is 5.30. The van der Waals surface area contributed by atoms with Gasteiger partial charge >= 0.3 is 0 Å². The number of rotatable bonds is 5. The standard InChI is InChI=1S/C26H26ClN5O2/c1-16-10-18(14-28-12-16)32-23-7-5-6-22(20(23)15-30-32)31-24(33)19-11-17(8-9-21(19)27)13-29-25(34)26(2,3)4/h5-12,14-15H,13H2,1-4H3,(H,29,34)(H,31,33). The van der Waals surface area contributed by atoms with Gasteiger partial charge in [-0.1, -0.05) is 44.5 Å². The largest absolute Gasteiger partial charge is 0.352 e. The van der Waals surface area contributed by atoms with E-state index in [2.05, 4.69) is 20.7 Å². The number of benzene rings is 2. The zero-order valence-corrected chi connectivity index (χ0v) is 20.3. The number of fused-ring (bicyclic) bond motifs is 1. The van der Waals surface area contributed by atoms with Gasteiger partial charge in [0.25, 0.3) is 5.91 Å². The third-order valence-corrected chi connectivity index (χ3v) is 5.71. The van der Waals surface area contributed by atoms with Crippen molar-refractivity contribution in [2.75, 3.05) is 5.32 Å². The number of carbonyl (C=O) groups excluding carboxylic acids is 2. The van der Waals surface area contributed by atoms with E-state index in [1.165, 1.54) is 0 Å². The van der Waals surface area contributed by atoms with Crippen molar-refractivity contribution in [2.45, 2.75) is 34.2 Å². The molecule has 0 fully saturated rings. The van der Waals surface area contributed by atoms with Gasteiger partial charge in [0.2, 0.25) is 5.91 Å². The summed E-state index contributed by atoms with van der Waals surface area (Å²) in [5.41, 5.74) is 3.95. The lowest BCUT2D eigenvalue weighted by molar-refractivity contribution is -0.128. The molecule has 7 nitrogen and oxygen atoms in total. The molecule has 0 radical (unpaired) electrons. The van der Waals surface area contributed by atoms with E-state index in [4.69, 9.17) is 11.6 Å². The zero-order chi connectivity index (χ0) is 24.5. The fourth-order valence-electron chi connectivity index (χ4n) is 3.51. The number of anilines is 1. The number of hydrogen-bond acceptors (Lipinski definition) is 4. The van der Waals surface area contributed by atoms with Crippen molar-refractivity contribution < 1.29 is 9.59 Å². The number of nitrogens with zero attached hydrogens (tertiary/aromatic N) is 3. The maximum atomic E-state index is 13.1.